The van der Waals surface area contributed by atoms with Crippen LogP contribution in [0.5, 0.6) is 0 Å². The highest BCUT2D eigenvalue weighted by Crippen LogP contribution is 2.18. The first-order valence-corrected chi connectivity index (χ1v) is 6.06. The zero-order valence-electron chi connectivity index (χ0n) is 10.8. The van der Waals surface area contributed by atoms with E-state index in [0.29, 0.717) is 16.8 Å². The highest BCUT2D eigenvalue weighted by molar-refractivity contribution is 5.94. The van der Waals surface area contributed by atoms with Gasteiger partial charge in [-0.25, -0.2) is 4.79 Å². The summed E-state index contributed by atoms with van der Waals surface area (Å²) in [5, 5.41) is 11.9. The van der Waals surface area contributed by atoms with Crippen molar-refractivity contribution in [3.05, 3.63) is 28.7 Å². The van der Waals surface area contributed by atoms with Crippen LogP contribution >= 0.6 is 0 Å². The van der Waals surface area contributed by atoms with Gasteiger partial charge < -0.3 is 14.8 Å². The molecule has 0 aliphatic heterocycles. The van der Waals surface area contributed by atoms with Gasteiger partial charge in [0.2, 0.25) is 5.91 Å². The Morgan fingerprint density at radius 3 is 2.84 bits per heavy atom. The number of H-pyrrole nitrogens is 1. The van der Waals surface area contributed by atoms with Crippen LogP contribution in [0.25, 0.3) is 11.1 Å². The average molecular weight is 264 g/mol. The molecule has 19 heavy (non-hydrogen) atoms. The number of hydrogen-bond donors (Lipinski definition) is 3. The lowest BCUT2D eigenvalue weighted by Gasteiger charge is -2.17. The van der Waals surface area contributed by atoms with Gasteiger partial charge in [-0.15, -0.1) is 0 Å². The molecular weight excluding hydrogens is 248 g/mol. The first-order chi connectivity index (χ1) is 9.01. The van der Waals surface area contributed by atoms with Crippen molar-refractivity contribution in [1.82, 2.24) is 4.98 Å². The third-order valence-electron chi connectivity index (χ3n) is 3.02. The molecule has 1 aromatic carbocycles. The SMILES string of the molecule is CC(C)C(CO)C(=O)Nc1ccc2oc(=O)[nH]c2c1. The van der Waals surface area contributed by atoms with Crippen molar-refractivity contribution in [2.24, 2.45) is 11.8 Å². The summed E-state index contributed by atoms with van der Waals surface area (Å²) in [4.78, 5) is 25.5. The van der Waals surface area contributed by atoms with Crippen molar-refractivity contribution in [3.8, 4) is 0 Å². The molecule has 2 rings (SSSR count). The summed E-state index contributed by atoms with van der Waals surface area (Å²) in [6, 6.07) is 4.87. The van der Waals surface area contributed by atoms with E-state index in [1.807, 2.05) is 13.8 Å². The smallest absolute Gasteiger partial charge is 0.408 e. The molecule has 0 radical (unpaired) electrons. The van der Waals surface area contributed by atoms with Gasteiger partial charge in [-0.1, -0.05) is 13.8 Å². The highest BCUT2D eigenvalue weighted by Gasteiger charge is 2.21. The lowest BCUT2D eigenvalue weighted by atomic mass is 9.96. The molecule has 6 heteroatoms. The van der Waals surface area contributed by atoms with Crippen LogP contribution in [0, 0.1) is 11.8 Å². The number of anilines is 1. The summed E-state index contributed by atoms with van der Waals surface area (Å²) in [5.41, 5.74) is 1.51. The third kappa shape index (κ3) is 2.85. The van der Waals surface area contributed by atoms with Gasteiger partial charge in [-0.05, 0) is 24.1 Å². The zero-order chi connectivity index (χ0) is 14.0. The maximum atomic E-state index is 12.0. The van der Waals surface area contributed by atoms with E-state index in [1.165, 1.54) is 0 Å². The zero-order valence-corrected chi connectivity index (χ0v) is 10.8. The van der Waals surface area contributed by atoms with E-state index in [1.54, 1.807) is 18.2 Å². The number of aliphatic hydroxyl groups excluding tert-OH is 1. The van der Waals surface area contributed by atoms with Crippen LogP contribution in [0.4, 0.5) is 5.69 Å². The summed E-state index contributed by atoms with van der Waals surface area (Å²) in [7, 11) is 0. The number of fused-ring (bicyclic) bond motifs is 1. The number of benzene rings is 1. The van der Waals surface area contributed by atoms with Crippen molar-refractivity contribution < 1.29 is 14.3 Å². The molecule has 0 aliphatic carbocycles. The summed E-state index contributed by atoms with van der Waals surface area (Å²) in [5.74, 6) is -1.20. The number of aromatic nitrogens is 1. The monoisotopic (exact) mass is 264 g/mol. The molecule has 0 saturated heterocycles. The molecule has 2 aromatic rings. The summed E-state index contributed by atoms with van der Waals surface area (Å²) in [6.07, 6.45) is 0. The normalized spacial score (nSPS) is 12.8. The van der Waals surface area contributed by atoms with Gasteiger partial charge in [0, 0.05) is 5.69 Å². The maximum absolute atomic E-state index is 12.0. The second kappa shape index (κ2) is 5.27. The minimum atomic E-state index is -0.533. The van der Waals surface area contributed by atoms with Gasteiger partial charge in [-0.3, -0.25) is 9.78 Å². The molecule has 0 spiro atoms. The Morgan fingerprint density at radius 1 is 1.47 bits per heavy atom. The molecule has 6 nitrogen and oxygen atoms in total. The number of hydrogen-bond acceptors (Lipinski definition) is 4. The maximum Gasteiger partial charge on any atom is 0.417 e. The topological polar surface area (TPSA) is 95.3 Å². The predicted octanol–water partition coefficient (Wildman–Crippen LogP) is 1.32. The number of carbonyl (C=O) groups is 1. The fourth-order valence-corrected chi connectivity index (χ4v) is 1.86. The summed E-state index contributed by atoms with van der Waals surface area (Å²) in [6.45, 7) is 3.54. The molecule has 0 bridgehead atoms. The Bertz CT molecular complexity index is 641. The largest absolute Gasteiger partial charge is 0.417 e. The van der Waals surface area contributed by atoms with Crippen LogP contribution in [0.15, 0.2) is 27.4 Å². The van der Waals surface area contributed by atoms with E-state index in [0.717, 1.165) is 0 Å². The molecular formula is C13H16N2O4. The van der Waals surface area contributed by atoms with Gasteiger partial charge in [-0.2, -0.15) is 0 Å². The van der Waals surface area contributed by atoms with Gasteiger partial charge in [0.25, 0.3) is 0 Å². The number of nitrogens with one attached hydrogen (secondary N) is 2. The first-order valence-electron chi connectivity index (χ1n) is 6.06. The van der Waals surface area contributed by atoms with Gasteiger partial charge in [0.1, 0.15) is 0 Å². The van der Waals surface area contributed by atoms with E-state index >= 15 is 0 Å². The molecule has 0 saturated carbocycles. The molecule has 1 unspecified atom stereocenters. The summed E-state index contributed by atoms with van der Waals surface area (Å²) >= 11 is 0. The predicted molar refractivity (Wildman–Crippen MR) is 70.9 cm³/mol. The molecule has 0 aliphatic rings. The standard InChI is InChI=1S/C13H16N2O4/c1-7(2)9(6-16)12(17)14-8-3-4-11-10(5-8)15-13(18)19-11/h3-5,7,9,16H,6H2,1-2H3,(H,14,17)(H,15,18). The fraction of sp³-hybridized carbons (Fsp3) is 0.385. The number of aromatic amines is 1. The van der Waals surface area contributed by atoms with Gasteiger partial charge in [0.15, 0.2) is 5.58 Å². The molecule has 102 valence electrons. The number of carbonyl (C=O) groups excluding carboxylic acids is 1. The van der Waals surface area contributed by atoms with Crippen LogP contribution in [-0.4, -0.2) is 22.6 Å². The highest BCUT2D eigenvalue weighted by atomic mass is 16.4. The molecule has 1 aromatic heterocycles. The van der Waals surface area contributed by atoms with E-state index in [-0.39, 0.29) is 18.4 Å². The van der Waals surface area contributed by atoms with E-state index < -0.39 is 11.7 Å². The fourth-order valence-electron chi connectivity index (χ4n) is 1.86. The Balaban J connectivity index is 2.21. The van der Waals surface area contributed by atoms with Crippen molar-refractivity contribution in [2.45, 2.75) is 13.8 Å². The van der Waals surface area contributed by atoms with E-state index in [9.17, 15) is 14.7 Å². The third-order valence-corrected chi connectivity index (χ3v) is 3.02. The van der Waals surface area contributed by atoms with Crippen molar-refractivity contribution in [2.75, 3.05) is 11.9 Å². The van der Waals surface area contributed by atoms with Crippen LogP contribution in [0.2, 0.25) is 0 Å². The first kappa shape index (κ1) is 13.4. The average Bonchev–Trinajstić information content (AvgIpc) is 2.68. The number of amides is 1. The van der Waals surface area contributed by atoms with Gasteiger partial charge in [0.05, 0.1) is 18.0 Å². The molecule has 1 amide bonds. The molecule has 1 atom stereocenters. The van der Waals surface area contributed by atoms with Crippen molar-refractivity contribution in [1.29, 1.82) is 0 Å². The summed E-state index contributed by atoms with van der Waals surface area (Å²) < 4.78 is 4.87. The van der Waals surface area contributed by atoms with Crippen LogP contribution in [-0.2, 0) is 4.79 Å². The number of oxazole rings is 1. The van der Waals surface area contributed by atoms with Crippen LogP contribution in [0.1, 0.15) is 13.8 Å². The Morgan fingerprint density at radius 2 is 2.21 bits per heavy atom. The number of rotatable bonds is 4. The molecule has 0 fully saturated rings. The second-order valence-corrected chi connectivity index (χ2v) is 4.75. The van der Waals surface area contributed by atoms with Crippen LogP contribution in [0.3, 0.4) is 0 Å². The van der Waals surface area contributed by atoms with Crippen LogP contribution < -0.4 is 11.1 Å². The van der Waals surface area contributed by atoms with E-state index in [4.69, 9.17) is 4.42 Å². The molecule has 3 N–H and O–H groups in total. The van der Waals surface area contributed by atoms with E-state index in [2.05, 4.69) is 10.3 Å². The lowest BCUT2D eigenvalue weighted by Crippen LogP contribution is -2.29. The van der Waals surface area contributed by atoms with Gasteiger partial charge >= 0.3 is 5.76 Å². The Labute approximate surface area is 109 Å². The minimum Gasteiger partial charge on any atom is -0.408 e. The van der Waals surface area contributed by atoms with Crippen molar-refractivity contribution in [3.63, 3.8) is 0 Å². The Kier molecular flexibility index (Phi) is 3.71. The number of aliphatic hydroxyl groups is 1. The second-order valence-electron chi connectivity index (χ2n) is 4.75. The minimum absolute atomic E-state index is 0.0439. The Hall–Kier alpha value is -2.08. The quantitative estimate of drug-likeness (QED) is 0.776. The molecule has 1 heterocycles. The lowest BCUT2D eigenvalue weighted by molar-refractivity contribution is -0.122. The van der Waals surface area contributed by atoms with Crippen molar-refractivity contribution >= 4 is 22.7 Å².